The molecule has 1 atom stereocenters. The Morgan fingerprint density at radius 3 is 0.817 bits per heavy atom. The zero-order valence-electron chi connectivity index (χ0n) is 48.0. The fourth-order valence-electron chi connectivity index (χ4n) is 9.64. The van der Waals surface area contributed by atoms with E-state index in [1.54, 1.807) is 0 Å². The largest absolute Gasteiger partial charge is 0.462 e. The van der Waals surface area contributed by atoms with E-state index in [1.807, 2.05) is 0 Å². The van der Waals surface area contributed by atoms with E-state index in [0.717, 1.165) is 77.0 Å². The molecular weight excluding hydrogens is 877 g/mol. The van der Waals surface area contributed by atoms with Crippen molar-refractivity contribution in [2.45, 2.75) is 361 Å². The summed E-state index contributed by atoms with van der Waals surface area (Å²) in [6, 6.07) is 0. The van der Waals surface area contributed by atoms with Crippen LogP contribution in [-0.2, 0) is 28.6 Å². The molecule has 0 saturated carbocycles. The molecule has 0 aromatic heterocycles. The van der Waals surface area contributed by atoms with Crippen LogP contribution in [0.25, 0.3) is 0 Å². The fourth-order valence-corrected chi connectivity index (χ4v) is 9.64. The highest BCUT2D eigenvalue weighted by molar-refractivity contribution is 5.71. The molecule has 1 unspecified atom stereocenters. The highest BCUT2D eigenvalue weighted by Gasteiger charge is 2.19. The molecule has 6 nitrogen and oxygen atoms in total. The van der Waals surface area contributed by atoms with Crippen molar-refractivity contribution in [1.29, 1.82) is 0 Å². The predicted octanol–water partition coefficient (Wildman–Crippen LogP) is 21.4. The van der Waals surface area contributed by atoms with Gasteiger partial charge in [0.2, 0.25) is 0 Å². The fraction of sp³-hybridized carbons (Fsp3) is 0.892. The van der Waals surface area contributed by atoms with Gasteiger partial charge in [0.25, 0.3) is 0 Å². The number of esters is 3. The summed E-state index contributed by atoms with van der Waals surface area (Å²) in [6.45, 7) is 6.65. The summed E-state index contributed by atoms with van der Waals surface area (Å²) in [7, 11) is 0. The average molecular weight is 1000 g/mol. The van der Waals surface area contributed by atoms with Crippen molar-refractivity contribution in [3.63, 3.8) is 0 Å². The summed E-state index contributed by atoms with van der Waals surface area (Å²) in [5.41, 5.74) is 0. The van der Waals surface area contributed by atoms with Gasteiger partial charge in [-0.25, -0.2) is 0 Å². The number of unbranched alkanes of at least 4 members (excludes halogenated alkanes) is 44. The van der Waals surface area contributed by atoms with Crippen LogP contribution in [0, 0.1) is 0 Å². The minimum Gasteiger partial charge on any atom is -0.462 e. The number of hydrogen-bond donors (Lipinski definition) is 0. The Hall–Kier alpha value is -2.11. The molecule has 0 amide bonds. The lowest BCUT2D eigenvalue weighted by molar-refractivity contribution is -0.167. The van der Waals surface area contributed by atoms with Gasteiger partial charge in [0.15, 0.2) is 6.10 Å². The molecule has 0 radical (unpaired) electrons. The Morgan fingerprint density at radius 2 is 0.521 bits per heavy atom. The van der Waals surface area contributed by atoms with Gasteiger partial charge < -0.3 is 14.2 Å². The highest BCUT2D eigenvalue weighted by Crippen LogP contribution is 2.18. The quantitative estimate of drug-likeness (QED) is 0.0261. The molecule has 0 N–H and O–H groups in total. The number of allylic oxidation sites excluding steroid dienone is 4. The maximum Gasteiger partial charge on any atom is 0.306 e. The summed E-state index contributed by atoms with van der Waals surface area (Å²) in [4.78, 5) is 38.2. The molecule has 0 aliphatic rings. The van der Waals surface area contributed by atoms with Gasteiger partial charge in [-0.3, -0.25) is 14.4 Å². The molecule has 0 aromatic rings. The third-order valence-electron chi connectivity index (χ3n) is 14.5. The van der Waals surface area contributed by atoms with Crippen LogP contribution in [0.15, 0.2) is 24.3 Å². The van der Waals surface area contributed by atoms with Crippen LogP contribution in [-0.4, -0.2) is 37.2 Å². The maximum atomic E-state index is 12.9. The van der Waals surface area contributed by atoms with Gasteiger partial charge in [-0.2, -0.15) is 0 Å². The smallest absolute Gasteiger partial charge is 0.306 e. The second-order valence-corrected chi connectivity index (χ2v) is 21.7. The van der Waals surface area contributed by atoms with Crippen molar-refractivity contribution >= 4 is 17.9 Å². The first-order chi connectivity index (χ1) is 35.0. The Balaban J connectivity index is 4.20. The zero-order chi connectivity index (χ0) is 51.4. The Labute approximate surface area is 443 Å². The summed E-state index contributed by atoms with van der Waals surface area (Å²) in [5.74, 6) is -0.860. The van der Waals surface area contributed by atoms with Gasteiger partial charge in [0.05, 0.1) is 0 Å². The topological polar surface area (TPSA) is 78.9 Å². The van der Waals surface area contributed by atoms with Crippen molar-refractivity contribution in [3.05, 3.63) is 24.3 Å². The molecule has 0 aliphatic heterocycles. The minimum absolute atomic E-state index is 0.0712. The van der Waals surface area contributed by atoms with Gasteiger partial charge >= 0.3 is 17.9 Å². The van der Waals surface area contributed by atoms with Crippen LogP contribution >= 0.6 is 0 Å². The molecule has 6 heteroatoms. The van der Waals surface area contributed by atoms with E-state index in [1.165, 1.54) is 238 Å². The number of hydrogen-bond acceptors (Lipinski definition) is 6. The summed E-state index contributed by atoms with van der Waals surface area (Å²) in [5, 5.41) is 0. The minimum atomic E-state index is -0.774. The molecule has 0 heterocycles. The van der Waals surface area contributed by atoms with E-state index >= 15 is 0 Å². The van der Waals surface area contributed by atoms with Gasteiger partial charge in [-0.15, -0.1) is 0 Å². The zero-order valence-corrected chi connectivity index (χ0v) is 48.0. The van der Waals surface area contributed by atoms with Crippen LogP contribution in [0.5, 0.6) is 0 Å². The summed E-state index contributed by atoms with van der Waals surface area (Å²) in [6.07, 6.45) is 71.9. The lowest BCUT2D eigenvalue weighted by atomic mass is 10.0. The van der Waals surface area contributed by atoms with Gasteiger partial charge in [-0.1, -0.05) is 315 Å². The Morgan fingerprint density at radius 1 is 0.282 bits per heavy atom. The lowest BCUT2D eigenvalue weighted by Crippen LogP contribution is -2.30. The highest BCUT2D eigenvalue weighted by atomic mass is 16.6. The van der Waals surface area contributed by atoms with Crippen molar-refractivity contribution in [3.8, 4) is 0 Å². The number of carbonyl (C=O) groups excluding carboxylic acids is 3. The number of rotatable bonds is 59. The van der Waals surface area contributed by atoms with Gasteiger partial charge in [-0.05, 0) is 44.9 Å². The van der Waals surface area contributed by atoms with Crippen molar-refractivity contribution in [1.82, 2.24) is 0 Å². The summed E-state index contributed by atoms with van der Waals surface area (Å²) >= 11 is 0. The first-order valence-corrected chi connectivity index (χ1v) is 31.8. The summed E-state index contributed by atoms with van der Waals surface area (Å²) < 4.78 is 16.9. The van der Waals surface area contributed by atoms with E-state index in [-0.39, 0.29) is 31.1 Å². The predicted molar refractivity (Wildman–Crippen MR) is 307 cm³/mol. The maximum absolute atomic E-state index is 12.9. The second kappa shape index (κ2) is 60.4. The molecule has 0 fully saturated rings. The van der Waals surface area contributed by atoms with Crippen molar-refractivity contribution in [2.24, 2.45) is 0 Å². The number of carbonyl (C=O) groups is 3. The van der Waals surface area contributed by atoms with Crippen LogP contribution < -0.4 is 0 Å². The first kappa shape index (κ1) is 68.9. The standard InChI is InChI=1S/C65H122O6/c1-4-7-10-13-16-19-22-25-28-29-30-31-32-33-34-35-36-37-38-41-43-46-49-52-55-58-64(67)70-61-62(71-65(68)59-56-53-50-47-44-40-27-24-21-18-15-12-9-6-3)60-69-63(66)57-54-51-48-45-42-39-26-23-20-17-14-11-8-5-2/h15,18,24,27,62H,4-14,16-17,19-23,25-26,28-61H2,1-3H3/b18-15-,27-24-. The SMILES string of the molecule is CCCC/C=C\C/C=C\CCCCCCCC(=O)OC(COC(=O)CCCCCCCCCCCCCCCC)COC(=O)CCCCCCCCCCCCCCCCCCCCCCCCCCC. The van der Waals surface area contributed by atoms with Crippen LogP contribution in [0.2, 0.25) is 0 Å². The van der Waals surface area contributed by atoms with E-state index < -0.39 is 6.10 Å². The molecule has 0 saturated heterocycles. The lowest BCUT2D eigenvalue weighted by Gasteiger charge is -2.18. The average Bonchev–Trinajstić information content (AvgIpc) is 3.37. The van der Waals surface area contributed by atoms with Crippen LogP contribution in [0.3, 0.4) is 0 Å². The van der Waals surface area contributed by atoms with E-state index in [2.05, 4.69) is 45.1 Å². The van der Waals surface area contributed by atoms with Crippen LogP contribution in [0.1, 0.15) is 355 Å². The first-order valence-electron chi connectivity index (χ1n) is 31.8. The molecular formula is C65H122O6. The van der Waals surface area contributed by atoms with Crippen LogP contribution in [0.4, 0.5) is 0 Å². The number of ether oxygens (including phenoxy) is 3. The van der Waals surface area contributed by atoms with Gasteiger partial charge in [0, 0.05) is 19.3 Å². The third kappa shape index (κ3) is 58.7. The van der Waals surface area contributed by atoms with E-state index in [9.17, 15) is 14.4 Å². The van der Waals surface area contributed by atoms with Gasteiger partial charge in [0.1, 0.15) is 13.2 Å². The third-order valence-corrected chi connectivity index (χ3v) is 14.5. The van der Waals surface area contributed by atoms with Crippen molar-refractivity contribution < 1.29 is 28.6 Å². The molecule has 418 valence electrons. The van der Waals surface area contributed by atoms with E-state index in [0.29, 0.717) is 19.3 Å². The normalized spacial score (nSPS) is 12.1. The molecule has 0 rings (SSSR count). The molecule has 0 spiro atoms. The van der Waals surface area contributed by atoms with E-state index in [4.69, 9.17) is 14.2 Å². The molecule has 0 bridgehead atoms. The monoisotopic (exact) mass is 999 g/mol. The molecule has 71 heavy (non-hydrogen) atoms. The Bertz CT molecular complexity index is 1150. The second-order valence-electron chi connectivity index (χ2n) is 21.7. The van der Waals surface area contributed by atoms with Crippen molar-refractivity contribution in [2.75, 3.05) is 13.2 Å². The molecule has 0 aliphatic carbocycles. The molecule has 0 aromatic carbocycles. The Kier molecular flexibility index (Phi) is 58.6.